The maximum atomic E-state index is 11.3. The van der Waals surface area contributed by atoms with Gasteiger partial charge in [-0.05, 0) is 18.2 Å². The normalized spacial score (nSPS) is 10.0. The van der Waals surface area contributed by atoms with Crippen molar-refractivity contribution in [3.63, 3.8) is 0 Å². The number of benzene rings is 1. The van der Waals surface area contributed by atoms with Crippen LogP contribution in [0.3, 0.4) is 0 Å². The second-order valence-electron chi connectivity index (χ2n) is 2.82. The molecule has 0 aliphatic heterocycles. The Labute approximate surface area is 77.2 Å². The molecule has 0 fully saturated rings. The number of rotatable bonds is 3. The summed E-state index contributed by atoms with van der Waals surface area (Å²) in [4.78, 5) is 11.3. The lowest BCUT2D eigenvalue weighted by Crippen LogP contribution is -2.01. The van der Waals surface area contributed by atoms with Gasteiger partial charge in [-0.1, -0.05) is 6.92 Å². The Morgan fingerprint density at radius 2 is 2.23 bits per heavy atom. The molecule has 0 unspecified atom stereocenters. The lowest BCUT2D eigenvalue weighted by Gasteiger charge is -2.03. The zero-order valence-corrected chi connectivity index (χ0v) is 7.58. The first kappa shape index (κ1) is 9.74. The van der Waals surface area contributed by atoms with E-state index in [0.717, 1.165) is 0 Å². The Bertz CT molecular complexity index is 321. The van der Waals surface area contributed by atoms with Gasteiger partial charge in [0.05, 0.1) is 0 Å². The van der Waals surface area contributed by atoms with Crippen LogP contribution < -0.4 is 5.73 Å². The van der Waals surface area contributed by atoms with Crippen LogP contribution >= 0.6 is 0 Å². The van der Waals surface area contributed by atoms with Gasteiger partial charge in [0.25, 0.3) is 0 Å². The molecular weight excluding hydrogens is 166 g/mol. The third kappa shape index (κ3) is 2.06. The number of aromatic hydroxyl groups is 1. The van der Waals surface area contributed by atoms with Gasteiger partial charge in [0, 0.05) is 24.1 Å². The molecule has 1 aromatic rings. The predicted octanol–water partition coefficient (Wildman–Crippen LogP) is 1.44. The highest BCUT2D eigenvalue weighted by Crippen LogP contribution is 2.18. The highest BCUT2D eigenvalue weighted by atomic mass is 16.3. The minimum atomic E-state index is 0.0645. The van der Waals surface area contributed by atoms with Gasteiger partial charge in [0.1, 0.15) is 5.75 Å². The first-order valence-electron chi connectivity index (χ1n) is 4.24. The maximum absolute atomic E-state index is 11.3. The Morgan fingerprint density at radius 1 is 1.54 bits per heavy atom. The van der Waals surface area contributed by atoms with Gasteiger partial charge in [0.2, 0.25) is 0 Å². The minimum absolute atomic E-state index is 0.0645. The van der Waals surface area contributed by atoms with E-state index in [1.165, 1.54) is 6.07 Å². The number of hydrogen-bond donors (Lipinski definition) is 2. The van der Waals surface area contributed by atoms with Crippen LogP contribution in [0.4, 0.5) is 0 Å². The van der Waals surface area contributed by atoms with Crippen LogP contribution in [0, 0.1) is 0 Å². The average Bonchev–Trinajstić information content (AvgIpc) is 2.17. The van der Waals surface area contributed by atoms with Crippen molar-refractivity contribution < 1.29 is 9.90 Å². The summed E-state index contributed by atoms with van der Waals surface area (Å²) in [6.45, 7) is 2.05. The van der Waals surface area contributed by atoms with Gasteiger partial charge in [-0.3, -0.25) is 4.79 Å². The second kappa shape index (κ2) is 4.05. The molecule has 0 atom stereocenters. The topological polar surface area (TPSA) is 63.3 Å². The lowest BCUT2D eigenvalue weighted by molar-refractivity contribution is 0.0988. The molecule has 3 N–H and O–H groups in total. The number of hydrogen-bond acceptors (Lipinski definition) is 3. The molecule has 0 bridgehead atoms. The van der Waals surface area contributed by atoms with Gasteiger partial charge in [0.15, 0.2) is 5.78 Å². The summed E-state index contributed by atoms with van der Waals surface area (Å²) in [6, 6.07) is 4.76. The van der Waals surface area contributed by atoms with E-state index in [-0.39, 0.29) is 18.1 Å². The number of ketones is 1. The summed E-state index contributed by atoms with van der Waals surface area (Å²) in [5, 5.41) is 9.30. The van der Waals surface area contributed by atoms with E-state index in [2.05, 4.69) is 0 Å². The van der Waals surface area contributed by atoms with E-state index < -0.39 is 0 Å². The summed E-state index contributed by atoms with van der Waals surface area (Å²) in [5.74, 6) is 0.213. The fourth-order valence-corrected chi connectivity index (χ4v) is 1.13. The molecule has 1 rings (SSSR count). The number of Topliss-reactive ketones (excluding diaryl/α,β-unsaturated/α-hetero) is 1. The van der Waals surface area contributed by atoms with E-state index in [1.54, 1.807) is 19.1 Å². The molecule has 0 aromatic heterocycles. The molecule has 3 heteroatoms. The Balaban J connectivity index is 3.06. The molecule has 3 nitrogen and oxygen atoms in total. The first-order chi connectivity index (χ1) is 6.19. The SMILES string of the molecule is CCC(=O)c1ccc(O)c(CN)c1. The quantitative estimate of drug-likeness (QED) is 0.690. The van der Waals surface area contributed by atoms with Crippen molar-refractivity contribution in [3.8, 4) is 5.75 Å². The molecule has 0 heterocycles. The van der Waals surface area contributed by atoms with Gasteiger partial charge in [-0.25, -0.2) is 0 Å². The smallest absolute Gasteiger partial charge is 0.162 e. The van der Waals surface area contributed by atoms with Gasteiger partial charge in [-0.15, -0.1) is 0 Å². The highest BCUT2D eigenvalue weighted by Gasteiger charge is 2.05. The number of carbonyl (C=O) groups is 1. The highest BCUT2D eigenvalue weighted by molar-refractivity contribution is 5.96. The number of carbonyl (C=O) groups excluding carboxylic acids is 1. The number of phenolic OH excluding ortho intramolecular Hbond substituents is 1. The van der Waals surface area contributed by atoms with Gasteiger partial charge < -0.3 is 10.8 Å². The van der Waals surface area contributed by atoms with Crippen molar-refractivity contribution in [1.29, 1.82) is 0 Å². The van der Waals surface area contributed by atoms with Crippen molar-refractivity contribution in [1.82, 2.24) is 0 Å². The van der Waals surface area contributed by atoms with Crippen LogP contribution in [0.15, 0.2) is 18.2 Å². The monoisotopic (exact) mass is 179 g/mol. The maximum Gasteiger partial charge on any atom is 0.162 e. The minimum Gasteiger partial charge on any atom is -0.508 e. The largest absolute Gasteiger partial charge is 0.508 e. The van der Waals surface area contributed by atoms with Crippen LogP contribution in [0.5, 0.6) is 5.75 Å². The first-order valence-corrected chi connectivity index (χ1v) is 4.24. The molecule has 0 aliphatic rings. The van der Waals surface area contributed by atoms with E-state index in [9.17, 15) is 9.90 Å². The molecule has 0 saturated carbocycles. The van der Waals surface area contributed by atoms with E-state index in [0.29, 0.717) is 17.5 Å². The van der Waals surface area contributed by atoms with Crippen LogP contribution in [0.2, 0.25) is 0 Å². The molecule has 70 valence electrons. The summed E-state index contributed by atoms with van der Waals surface area (Å²) in [5.41, 5.74) is 6.61. The molecular formula is C10H13NO2. The molecule has 0 saturated heterocycles. The van der Waals surface area contributed by atoms with E-state index in [4.69, 9.17) is 5.73 Å². The van der Waals surface area contributed by atoms with Crippen molar-refractivity contribution in [2.45, 2.75) is 19.9 Å². The summed E-state index contributed by atoms with van der Waals surface area (Å²) < 4.78 is 0. The van der Waals surface area contributed by atoms with Crippen molar-refractivity contribution in [2.24, 2.45) is 5.73 Å². The third-order valence-corrected chi connectivity index (χ3v) is 1.94. The lowest BCUT2D eigenvalue weighted by atomic mass is 10.1. The standard InChI is InChI=1S/C10H13NO2/c1-2-9(12)7-3-4-10(13)8(5-7)6-11/h3-5,13H,2,6,11H2,1H3. The molecule has 0 aliphatic carbocycles. The van der Waals surface area contributed by atoms with Crippen molar-refractivity contribution in [3.05, 3.63) is 29.3 Å². The third-order valence-electron chi connectivity index (χ3n) is 1.94. The zero-order valence-electron chi connectivity index (χ0n) is 7.58. The predicted molar refractivity (Wildman–Crippen MR) is 50.6 cm³/mol. The second-order valence-corrected chi connectivity index (χ2v) is 2.82. The molecule has 0 spiro atoms. The Morgan fingerprint density at radius 3 is 2.77 bits per heavy atom. The summed E-state index contributed by atoms with van der Waals surface area (Å²) >= 11 is 0. The van der Waals surface area contributed by atoms with Crippen LogP contribution in [-0.2, 0) is 6.54 Å². The Kier molecular flexibility index (Phi) is 3.03. The van der Waals surface area contributed by atoms with Crippen LogP contribution in [-0.4, -0.2) is 10.9 Å². The molecule has 0 radical (unpaired) electrons. The summed E-state index contributed by atoms with van der Waals surface area (Å²) in [7, 11) is 0. The van der Waals surface area contributed by atoms with Crippen molar-refractivity contribution in [2.75, 3.05) is 0 Å². The average molecular weight is 179 g/mol. The zero-order chi connectivity index (χ0) is 9.84. The Hall–Kier alpha value is -1.35. The fourth-order valence-electron chi connectivity index (χ4n) is 1.13. The number of nitrogens with two attached hydrogens (primary N) is 1. The molecule has 0 amide bonds. The number of phenols is 1. The van der Waals surface area contributed by atoms with E-state index >= 15 is 0 Å². The molecule has 13 heavy (non-hydrogen) atoms. The molecule has 1 aromatic carbocycles. The van der Waals surface area contributed by atoms with E-state index in [1.807, 2.05) is 0 Å². The van der Waals surface area contributed by atoms with Crippen LogP contribution in [0.25, 0.3) is 0 Å². The van der Waals surface area contributed by atoms with Gasteiger partial charge in [-0.2, -0.15) is 0 Å². The van der Waals surface area contributed by atoms with Crippen LogP contribution in [0.1, 0.15) is 29.3 Å². The van der Waals surface area contributed by atoms with Crippen molar-refractivity contribution >= 4 is 5.78 Å². The fraction of sp³-hybridized carbons (Fsp3) is 0.300. The van der Waals surface area contributed by atoms with Gasteiger partial charge >= 0.3 is 0 Å². The summed E-state index contributed by atoms with van der Waals surface area (Å²) in [6.07, 6.45) is 0.467.